The van der Waals surface area contributed by atoms with Gasteiger partial charge in [-0.05, 0) is 13.3 Å². The van der Waals surface area contributed by atoms with Gasteiger partial charge in [-0.2, -0.15) is 0 Å². The summed E-state index contributed by atoms with van der Waals surface area (Å²) in [4.78, 5) is 14.4. The number of aromatic nitrogens is 1. The third-order valence-corrected chi connectivity index (χ3v) is 2.92. The van der Waals surface area contributed by atoms with Crippen molar-refractivity contribution in [1.29, 1.82) is 0 Å². The van der Waals surface area contributed by atoms with E-state index in [1.807, 2.05) is 6.92 Å². The number of rotatable bonds is 4. The molecule has 1 aromatic rings. The highest BCUT2D eigenvalue weighted by atomic mass is 35.5. The molecule has 0 fully saturated rings. The minimum atomic E-state index is -0.476. The van der Waals surface area contributed by atoms with Gasteiger partial charge in [0.15, 0.2) is 0 Å². The lowest BCUT2D eigenvalue weighted by Crippen LogP contribution is -2.12. The van der Waals surface area contributed by atoms with E-state index in [2.05, 4.69) is 4.98 Å². The van der Waals surface area contributed by atoms with Crippen molar-refractivity contribution in [3.8, 4) is 0 Å². The molecule has 2 unspecified atom stereocenters. The summed E-state index contributed by atoms with van der Waals surface area (Å²) in [6.07, 6.45) is 2.10. The van der Waals surface area contributed by atoms with Crippen LogP contribution in [-0.2, 0) is 0 Å². The van der Waals surface area contributed by atoms with Gasteiger partial charge in [-0.25, -0.2) is 0 Å². The Balaban J connectivity index is 3.26. The minimum Gasteiger partial charge on any atom is -0.258 e. The zero-order chi connectivity index (χ0) is 12.3. The van der Waals surface area contributed by atoms with Gasteiger partial charge in [0.25, 0.3) is 5.69 Å². The molecule has 0 spiro atoms. The van der Waals surface area contributed by atoms with Gasteiger partial charge >= 0.3 is 0 Å². The first-order chi connectivity index (χ1) is 7.47. The molecular weight excluding hydrogens is 251 g/mol. The molecule has 0 aliphatic carbocycles. The van der Waals surface area contributed by atoms with Gasteiger partial charge in [0, 0.05) is 23.6 Å². The fourth-order valence-corrected chi connectivity index (χ4v) is 2.06. The highest BCUT2D eigenvalue weighted by Crippen LogP contribution is 2.33. The summed E-state index contributed by atoms with van der Waals surface area (Å²) in [5, 5.41) is 10.9. The van der Waals surface area contributed by atoms with Crippen LogP contribution < -0.4 is 0 Å². The summed E-state index contributed by atoms with van der Waals surface area (Å²) < 4.78 is 0. The van der Waals surface area contributed by atoms with Gasteiger partial charge in [0.1, 0.15) is 5.69 Å². The normalized spacial score (nSPS) is 14.5. The van der Waals surface area contributed by atoms with Crippen LogP contribution in [0.15, 0.2) is 12.3 Å². The van der Waals surface area contributed by atoms with Crippen LogP contribution in [0.5, 0.6) is 0 Å². The van der Waals surface area contributed by atoms with Gasteiger partial charge in [-0.3, -0.25) is 15.1 Å². The van der Waals surface area contributed by atoms with Crippen LogP contribution >= 0.6 is 23.2 Å². The summed E-state index contributed by atoms with van der Waals surface area (Å²) in [6, 6.07) is 1.31. The van der Waals surface area contributed by atoms with E-state index >= 15 is 0 Å². The van der Waals surface area contributed by atoms with Crippen molar-refractivity contribution in [2.45, 2.75) is 31.6 Å². The van der Waals surface area contributed by atoms with Crippen molar-refractivity contribution >= 4 is 28.9 Å². The molecule has 0 N–H and O–H groups in total. The largest absolute Gasteiger partial charge is 0.292 e. The molecule has 2 atom stereocenters. The first-order valence-corrected chi connectivity index (χ1v) is 5.72. The van der Waals surface area contributed by atoms with E-state index in [-0.39, 0.29) is 22.0 Å². The molecule has 1 aromatic heterocycles. The average molecular weight is 263 g/mol. The molecule has 0 saturated carbocycles. The zero-order valence-corrected chi connectivity index (χ0v) is 10.5. The average Bonchev–Trinajstić information content (AvgIpc) is 2.20. The minimum absolute atomic E-state index is 0.0631. The second-order valence-electron chi connectivity index (χ2n) is 3.51. The third-order valence-electron chi connectivity index (χ3n) is 2.41. The number of pyridine rings is 1. The molecule has 0 aliphatic heterocycles. The maximum Gasteiger partial charge on any atom is 0.292 e. The smallest absolute Gasteiger partial charge is 0.258 e. The fourth-order valence-electron chi connectivity index (χ4n) is 1.61. The third kappa shape index (κ3) is 2.83. The lowest BCUT2D eigenvalue weighted by atomic mass is 9.97. The molecular formula is C10H12Cl2N2O2. The van der Waals surface area contributed by atoms with E-state index in [0.29, 0.717) is 12.1 Å². The SMILES string of the molecule is CCC(c1ncc(Cl)cc1[N+](=O)[O-])C(C)Cl. The number of hydrogen-bond acceptors (Lipinski definition) is 3. The summed E-state index contributed by atoms with van der Waals surface area (Å²) >= 11 is 11.7. The molecule has 4 nitrogen and oxygen atoms in total. The van der Waals surface area contributed by atoms with E-state index < -0.39 is 4.92 Å². The number of nitro groups is 1. The van der Waals surface area contributed by atoms with Crippen molar-refractivity contribution in [1.82, 2.24) is 4.98 Å². The molecule has 0 amide bonds. The lowest BCUT2D eigenvalue weighted by molar-refractivity contribution is -0.386. The van der Waals surface area contributed by atoms with E-state index in [9.17, 15) is 10.1 Å². The van der Waals surface area contributed by atoms with Gasteiger partial charge < -0.3 is 0 Å². The maximum atomic E-state index is 10.9. The van der Waals surface area contributed by atoms with Gasteiger partial charge in [0.05, 0.1) is 9.95 Å². The van der Waals surface area contributed by atoms with Gasteiger partial charge in [-0.1, -0.05) is 18.5 Å². The molecule has 0 radical (unpaired) electrons. The van der Waals surface area contributed by atoms with E-state index in [0.717, 1.165) is 0 Å². The highest BCUT2D eigenvalue weighted by Gasteiger charge is 2.26. The van der Waals surface area contributed by atoms with E-state index in [4.69, 9.17) is 23.2 Å². The van der Waals surface area contributed by atoms with Crippen LogP contribution in [-0.4, -0.2) is 15.3 Å². The Hall–Kier alpha value is -0.870. The molecule has 16 heavy (non-hydrogen) atoms. The number of alkyl halides is 1. The first kappa shape index (κ1) is 13.2. The summed E-state index contributed by atoms with van der Waals surface area (Å²) in [7, 11) is 0. The fraction of sp³-hybridized carbons (Fsp3) is 0.500. The van der Waals surface area contributed by atoms with Crippen LogP contribution in [0.1, 0.15) is 31.9 Å². The van der Waals surface area contributed by atoms with Crippen LogP contribution in [0.2, 0.25) is 5.02 Å². The zero-order valence-electron chi connectivity index (χ0n) is 8.98. The molecule has 0 aromatic carbocycles. The van der Waals surface area contributed by atoms with Gasteiger partial charge in [-0.15, -0.1) is 11.6 Å². The second-order valence-corrected chi connectivity index (χ2v) is 4.63. The Labute approximate surface area is 104 Å². The van der Waals surface area contributed by atoms with Crippen LogP contribution in [0.4, 0.5) is 5.69 Å². The Morgan fingerprint density at radius 3 is 2.69 bits per heavy atom. The molecule has 1 heterocycles. The topological polar surface area (TPSA) is 56.0 Å². The summed E-state index contributed by atoms with van der Waals surface area (Å²) in [5.41, 5.74) is 0.339. The Morgan fingerprint density at radius 1 is 1.62 bits per heavy atom. The molecule has 0 bridgehead atoms. The second kappa shape index (κ2) is 5.46. The van der Waals surface area contributed by atoms with Crippen LogP contribution in [0.25, 0.3) is 0 Å². The lowest BCUT2D eigenvalue weighted by Gasteiger charge is -2.16. The number of halogens is 2. The van der Waals surface area contributed by atoms with E-state index in [1.54, 1.807) is 6.92 Å². The van der Waals surface area contributed by atoms with E-state index in [1.165, 1.54) is 12.3 Å². The van der Waals surface area contributed by atoms with Crippen molar-refractivity contribution in [2.24, 2.45) is 0 Å². The van der Waals surface area contributed by atoms with Crippen molar-refractivity contribution in [3.63, 3.8) is 0 Å². The number of hydrogen-bond donors (Lipinski definition) is 0. The standard InChI is InChI=1S/C10H12Cl2N2O2/c1-3-8(6(2)11)10-9(14(15)16)4-7(12)5-13-10/h4-6,8H,3H2,1-2H3. The van der Waals surface area contributed by atoms with Crippen LogP contribution in [0.3, 0.4) is 0 Å². The predicted molar refractivity (Wildman–Crippen MR) is 64.2 cm³/mol. The molecule has 0 saturated heterocycles. The molecule has 6 heteroatoms. The van der Waals surface area contributed by atoms with Crippen molar-refractivity contribution in [2.75, 3.05) is 0 Å². The molecule has 88 valence electrons. The Bertz CT molecular complexity index is 396. The Morgan fingerprint density at radius 2 is 2.25 bits per heavy atom. The monoisotopic (exact) mass is 262 g/mol. The molecule has 0 aliphatic rings. The predicted octanol–water partition coefficient (Wildman–Crippen LogP) is 3.76. The highest BCUT2D eigenvalue weighted by molar-refractivity contribution is 6.30. The van der Waals surface area contributed by atoms with Crippen LogP contribution in [0, 0.1) is 10.1 Å². The van der Waals surface area contributed by atoms with Crippen molar-refractivity contribution in [3.05, 3.63) is 33.1 Å². The molecule has 1 rings (SSSR count). The summed E-state index contributed by atoms with van der Waals surface area (Å²) in [6.45, 7) is 3.72. The number of nitrogens with zero attached hydrogens (tertiary/aromatic N) is 2. The van der Waals surface area contributed by atoms with Gasteiger partial charge in [0.2, 0.25) is 0 Å². The first-order valence-electron chi connectivity index (χ1n) is 4.91. The Kier molecular flexibility index (Phi) is 4.50. The maximum absolute atomic E-state index is 10.9. The summed E-state index contributed by atoms with van der Waals surface area (Å²) in [5.74, 6) is -0.140. The quantitative estimate of drug-likeness (QED) is 0.472. The van der Waals surface area contributed by atoms with Crippen molar-refractivity contribution < 1.29 is 4.92 Å².